The number of aryl methyl sites for hydroxylation is 2. The molecule has 0 saturated heterocycles. The fourth-order valence-electron chi connectivity index (χ4n) is 4.43. The molecule has 0 radical (unpaired) electrons. The molecule has 0 N–H and O–H groups in total. The van der Waals surface area contributed by atoms with Crippen molar-refractivity contribution in [2.75, 3.05) is 13.2 Å². The van der Waals surface area contributed by atoms with Gasteiger partial charge in [-0.1, -0.05) is 38.0 Å². The van der Waals surface area contributed by atoms with E-state index in [1.807, 2.05) is 19.1 Å². The van der Waals surface area contributed by atoms with Gasteiger partial charge in [-0.3, -0.25) is 0 Å². The number of rotatable bonds is 11. The second-order valence-corrected chi connectivity index (χ2v) is 8.12. The molecule has 4 heteroatoms. The smallest absolute Gasteiger partial charge is 0.157 e. The highest BCUT2D eigenvalue weighted by Gasteiger charge is 2.31. The van der Waals surface area contributed by atoms with E-state index in [-0.39, 0.29) is 18.3 Å². The van der Waals surface area contributed by atoms with Gasteiger partial charge in [-0.05, 0) is 74.5 Å². The molecule has 1 aliphatic rings. The Balaban J connectivity index is 1.89. The Morgan fingerprint density at radius 3 is 2.52 bits per heavy atom. The van der Waals surface area contributed by atoms with Gasteiger partial charge >= 0.3 is 0 Å². The van der Waals surface area contributed by atoms with Gasteiger partial charge in [0.05, 0.1) is 0 Å². The molecule has 0 spiro atoms. The molecule has 1 aromatic rings. The largest absolute Gasteiger partial charge is 0.375 e. The Hall–Kier alpha value is -1.55. The van der Waals surface area contributed by atoms with E-state index >= 15 is 0 Å². The third-order valence-corrected chi connectivity index (χ3v) is 6.24. The van der Waals surface area contributed by atoms with Gasteiger partial charge in [0, 0.05) is 12.5 Å². The van der Waals surface area contributed by atoms with Crippen molar-refractivity contribution in [2.45, 2.75) is 65.2 Å². The highest BCUT2D eigenvalue weighted by Crippen LogP contribution is 2.41. The van der Waals surface area contributed by atoms with E-state index < -0.39 is 17.6 Å². The van der Waals surface area contributed by atoms with E-state index in [0.717, 1.165) is 49.7 Å². The predicted octanol–water partition coefficient (Wildman–Crippen LogP) is 7.51. The standard InChI is InChI=1S/C25H35F3O/c1-4-7-22(25(28)24(27)17-29-6-3)21-14-10-18(11-15-21)8-9-19-12-13-20(5-2)23(26)16-19/h4,12-13,16,18,21-22H,1,5-11,14-15,17H2,2-3H3/b25-24-/t18?,21?,22-/m0/s1. The average molecular weight is 409 g/mol. The highest BCUT2D eigenvalue weighted by molar-refractivity contribution is 5.24. The minimum absolute atomic E-state index is 0.114. The predicted molar refractivity (Wildman–Crippen MR) is 114 cm³/mol. The minimum Gasteiger partial charge on any atom is -0.375 e. The van der Waals surface area contributed by atoms with Crippen molar-refractivity contribution in [3.8, 4) is 0 Å². The Labute approximate surface area is 174 Å². The monoisotopic (exact) mass is 408 g/mol. The molecule has 162 valence electrons. The van der Waals surface area contributed by atoms with E-state index in [4.69, 9.17) is 4.74 Å². The van der Waals surface area contributed by atoms with Crippen LogP contribution < -0.4 is 0 Å². The van der Waals surface area contributed by atoms with Crippen molar-refractivity contribution >= 4 is 0 Å². The number of hydrogen-bond acceptors (Lipinski definition) is 1. The third kappa shape index (κ3) is 7.02. The molecule has 0 aliphatic heterocycles. The maximum atomic E-state index is 14.7. The average Bonchev–Trinajstić information content (AvgIpc) is 2.74. The van der Waals surface area contributed by atoms with E-state index in [1.54, 1.807) is 19.1 Å². The van der Waals surface area contributed by atoms with Crippen LogP contribution in [-0.4, -0.2) is 13.2 Å². The van der Waals surface area contributed by atoms with Crippen molar-refractivity contribution in [3.05, 3.63) is 59.5 Å². The second-order valence-electron chi connectivity index (χ2n) is 8.12. The van der Waals surface area contributed by atoms with Crippen LogP contribution in [0.25, 0.3) is 0 Å². The molecule has 0 heterocycles. The first-order valence-electron chi connectivity index (χ1n) is 11.0. The van der Waals surface area contributed by atoms with Crippen molar-refractivity contribution in [1.82, 2.24) is 0 Å². The van der Waals surface area contributed by atoms with E-state index in [1.165, 1.54) is 0 Å². The number of hydrogen-bond donors (Lipinski definition) is 0. The molecule has 0 amide bonds. The molecule has 1 fully saturated rings. The van der Waals surface area contributed by atoms with Crippen LogP contribution in [0.2, 0.25) is 0 Å². The normalized spacial score (nSPS) is 21.6. The zero-order chi connectivity index (χ0) is 21.2. The zero-order valence-corrected chi connectivity index (χ0v) is 17.9. The first-order valence-corrected chi connectivity index (χ1v) is 11.0. The van der Waals surface area contributed by atoms with Crippen LogP contribution in [0.5, 0.6) is 0 Å². The minimum atomic E-state index is -0.779. The molecule has 1 aromatic carbocycles. The first-order chi connectivity index (χ1) is 14.0. The molecule has 0 aromatic heterocycles. The second kappa shape index (κ2) is 12.2. The maximum absolute atomic E-state index is 14.7. The lowest BCUT2D eigenvalue weighted by atomic mass is 9.73. The first kappa shape index (κ1) is 23.7. The van der Waals surface area contributed by atoms with Gasteiger partial charge in [-0.2, -0.15) is 0 Å². The molecule has 29 heavy (non-hydrogen) atoms. The number of ether oxygens (including phenoxy) is 1. The van der Waals surface area contributed by atoms with Crippen LogP contribution in [-0.2, 0) is 17.6 Å². The summed E-state index contributed by atoms with van der Waals surface area (Å²) in [5, 5.41) is 0. The molecule has 2 rings (SSSR count). The number of allylic oxidation sites excluding steroid dienone is 2. The van der Waals surface area contributed by atoms with Crippen LogP contribution in [0.3, 0.4) is 0 Å². The van der Waals surface area contributed by atoms with Gasteiger partial charge in [0.25, 0.3) is 0 Å². The molecule has 0 bridgehead atoms. The van der Waals surface area contributed by atoms with Crippen molar-refractivity contribution in [2.24, 2.45) is 17.8 Å². The molecule has 0 unspecified atom stereocenters. The fraction of sp³-hybridized carbons (Fsp3) is 0.600. The van der Waals surface area contributed by atoms with Crippen molar-refractivity contribution < 1.29 is 17.9 Å². The number of halogens is 3. The van der Waals surface area contributed by atoms with E-state index in [9.17, 15) is 13.2 Å². The fourth-order valence-corrected chi connectivity index (χ4v) is 4.43. The summed E-state index contributed by atoms with van der Waals surface area (Å²) in [7, 11) is 0. The van der Waals surface area contributed by atoms with E-state index in [0.29, 0.717) is 25.4 Å². The Kier molecular flexibility index (Phi) is 9.99. The third-order valence-electron chi connectivity index (χ3n) is 6.24. The lowest BCUT2D eigenvalue weighted by Gasteiger charge is -2.33. The van der Waals surface area contributed by atoms with Gasteiger partial charge in [0.1, 0.15) is 18.3 Å². The summed E-state index contributed by atoms with van der Waals surface area (Å²) in [6.07, 6.45) is 8.51. The van der Waals surface area contributed by atoms with Crippen LogP contribution in [0, 0.1) is 23.6 Å². The lowest BCUT2D eigenvalue weighted by Crippen LogP contribution is -2.23. The summed E-state index contributed by atoms with van der Waals surface area (Å²) in [5.41, 5.74) is 1.80. The molecule has 1 atom stereocenters. The molecule has 1 saturated carbocycles. The summed E-state index contributed by atoms with van der Waals surface area (Å²) in [6, 6.07) is 5.56. The van der Waals surface area contributed by atoms with Gasteiger partial charge in [0.2, 0.25) is 0 Å². The summed E-state index contributed by atoms with van der Waals surface area (Å²) in [6.45, 7) is 7.51. The van der Waals surface area contributed by atoms with Gasteiger partial charge in [-0.25, -0.2) is 13.2 Å². The van der Waals surface area contributed by atoms with E-state index in [2.05, 4.69) is 6.58 Å². The number of benzene rings is 1. The molecular formula is C25H35F3O. The Bertz CT molecular complexity index is 675. The van der Waals surface area contributed by atoms with Crippen LogP contribution >= 0.6 is 0 Å². The quantitative estimate of drug-likeness (QED) is 0.344. The van der Waals surface area contributed by atoms with Crippen LogP contribution in [0.15, 0.2) is 42.5 Å². The van der Waals surface area contributed by atoms with Gasteiger partial charge < -0.3 is 4.74 Å². The summed E-state index contributed by atoms with van der Waals surface area (Å²) < 4.78 is 47.7. The summed E-state index contributed by atoms with van der Waals surface area (Å²) >= 11 is 0. The summed E-state index contributed by atoms with van der Waals surface area (Å²) in [5.74, 6) is -1.30. The van der Waals surface area contributed by atoms with Crippen LogP contribution in [0.1, 0.15) is 63.5 Å². The zero-order valence-electron chi connectivity index (χ0n) is 17.9. The van der Waals surface area contributed by atoms with Crippen LogP contribution in [0.4, 0.5) is 13.2 Å². The lowest BCUT2D eigenvalue weighted by molar-refractivity contribution is 0.145. The molecule has 1 nitrogen and oxygen atoms in total. The Morgan fingerprint density at radius 1 is 1.21 bits per heavy atom. The van der Waals surface area contributed by atoms with Crippen molar-refractivity contribution in [3.63, 3.8) is 0 Å². The van der Waals surface area contributed by atoms with Gasteiger partial charge in [0.15, 0.2) is 5.83 Å². The summed E-state index contributed by atoms with van der Waals surface area (Å²) in [4.78, 5) is 0. The van der Waals surface area contributed by atoms with Gasteiger partial charge in [-0.15, -0.1) is 6.58 Å². The molecular weight excluding hydrogens is 373 g/mol. The molecule has 1 aliphatic carbocycles. The SMILES string of the molecule is C=CC[C@H](/C(F)=C(/F)COCC)C1CCC(CCc2ccc(CC)c(F)c2)CC1. The highest BCUT2D eigenvalue weighted by atomic mass is 19.2. The topological polar surface area (TPSA) is 9.23 Å². The van der Waals surface area contributed by atoms with Crippen molar-refractivity contribution in [1.29, 1.82) is 0 Å². The maximum Gasteiger partial charge on any atom is 0.157 e. The Morgan fingerprint density at radius 2 is 1.93 bits per heavy atom.